The maximum Gasteiger partial charge on any atom is 0.394 e. The van der Waals surface area contributed by atoms with Crippen LogP contribution in [0.25, 0.3) is 44.3 Å². The van der Waals surface area contributed by atoms with E-state index in [1.807, 2.05) is 30.3 Å². The lowest BCUT2D eigenvalue weighted by molar-refractivity contribution is 0.381. The fraction of sp³-hybridized carbons (Fsp3) is 0. The maximum absolute atomic E-state index is 14.4. The first-order valence-corrected chi connectivity index (χ1v) is 10.8. The molecule has 166 valence electrons. The van der Waals surface area contributed by atoms with Crippen molar-refractivity contribution in [2.24, 2.45) is 0 Å². The van der Waals surface area contributed by atoms with Crippen LogP contribution < -0.4 is 5.73 Å². The molecule has 11 heteroatoms. The molecule has 4 aromatic heterocycles. The Morgan fingerprint density at radius 3 is 2.24 bits per heavy atom. The normalized spacial score (nSPS) is 11.2. The van der Waals surface area contributed by atoms with Crippen LogP contribution in [0.1, 0.15) is 0 Å². The molecule has 33 heavy (non-hydrogen) atoms. The molecule has 0 bridgehead atoms. The largest absolute Gasteiger partial charge is 0.394 e. The van der Waals surface area contributed by atoms with Crippen LogP contribution >= 0.6 is 0 Å². The monoisotopic (exact) mass is 465 g/mol. The Labute approximate surface area is 187 Å². The third-order valence-electron chi connectivity index (χ3n) is 4.71. The second kappa shape index (κ2) is 8.82. The van der Waals surface area contributed by atoms with E-state index in [2.05, 4.69) is 19.9 Å². The van der Waals surface area contributed by atoms with Crippen molar-refractivity contribution in [3.63, 3.8) is 0 Å². The molecule has 1 aromatic carbocycles. The Balaban J connectivity index is 0.000000471. The molecule has 0 unspecified atom stereocenters. The number of halogens is 1. The molecule has 0 aliphatic carbocycles. The number of benzene rings is 1. The minimum atomic E-state index is -4.67. The molecule has 4 heterocycles. The number of fused-ring (bicyclic) bond motifs is 2. The van der Waals surface area contributed by atoms with Crippen LogP contribution in [0.15, 0.2) is 73.2 Å². The molecule has 9 nitrogen and oxygen atoms in total. The summed E-state index contributed by atoms with van der Waals surface area (Å²) >= 11 is 0. The second-order valence-electron chi connectivity index (χ2n) is 6.81. The van der Waals surface area contributed by atoms with Gasteiger partial charge in [0.05, 0.1) is 11.4 Å². The number of anilines is 1. The SMILES string of the molecule is Nc1nccc2c(-c3cc(-c4ccccc4F)nc4ncccc34)nccc12.O=S(=O)(O)O. The van der Waals surface area contributed by atoms with Gasteiger partial charge in [0.25, 0.3) is 0 Å². The molecule has 0 fully saturated rings. The molecule has 0 saturated carbocycles. The first-order chi connectivity index (χ1) is 15.7. The fourth-order valence-corrected chi connectivity index (χ4v) is 3.40. The number of nitrogens with zero attached hydrogens (tertiary/aromatic N) is 4. The van der Waals surface area contributed by atoms with Gasteiger partial charge < -0.3 is 5.73 Å². The Kier molecular flexibility index (Phi) is 5.92. The summed E-state index contributed by atoms with van der Waals surface area (Å²) in [4.78, 5) is 17.7. The highest BCUT2D eigenvalue weighted by Gasteiger charge is 2.15. The number of aromatic nitrogens is 4. The topological polar surface area (TPSA) is 152 Å². The van der Waals surface area contributed by atoms with E-state index in [0.29, 0.717) is 22.7 Å². The summed E-state index contributed by atoms with van der Waals surface area (Å²) in [5.74, 6) is 0.0996. The van der Waals surface area contributed by atoms with Crippen molar-refractivity contribution in [2.75, 3.05) is 5.73 Å². The molecular formula is C22H16FN5O4S. The molecule has 5 aromatic rings. The van der Waals surface area contributed by atoms with Crippen LogP contribution in [0.5, 0.6) is 0 Å². The van der Waals surface area contributed by atoms with E-state index in [1.165, 1.54) is 6.07 Å². The van der Waals surface area contributed by atoms with Crippen LogP contribution in [-0.4, -0.2) is 37.5 Å². The first-order valence-electron chi connectivity index (χ1n) is 9.42. The Morgan fingerprint density at radius 2 is 1.48 bits per heavy atom. The summed E-state index contributed by atoms with van der Waals surface area (Å²) in [6.07, 6.45) is 5.02. The van der Waals surface area contributed by atoms with Crippen molar-refractivity contribution >= 4 is 38.0 Å². The van der Waals surface area contributed by atoms with E-state index in [-0.39, 0.29) is 5.82 Å². The quantitative estimate of drug-likeness (QED) is 0.329. The van der Waals surface area contributed by atoms with Crippen LogP contribution in [0.2, 0.25) is 0 Å². The van der Waals surface area contributed by atoms with Crippen LogP contribution in [0.3, 0.4) is 0 Å². The highest BCUT2D eigenvalue weighted by Crippen LogP contribution is 2.35. The van der Waals surface area contributed by atoms with Crippen LogP contribution in [0, 0.1) is 5.82 Å². The molecule has 5 rings (SSSR count). The van der Waals surface area contributed by atoms with E-state index in [4.69, 9.17) is 23.3 Å². The van der Waals surface area contributed by atoms with Gasteiger partial charge in [0.2, 0.25) is 0 Å². The highest BCUT2D eigenvalue weighted by atomic mass is 32.3. The number of nitrogen functional groups attached to an aromatic ring is 1. The van der Waals surface area contributed by atoms with Crippen LogP contribution in [0.4, 0.5) is 10.2 Å². The number of hydrogen-bond acceptors (Lipinski definition) is 7. The number of nitrogens with two attached hydrogens (primary N) is 1. The third kappa shape index (κ3) is 4.90. The maximum atomic E-state index is 14.4. The molecule has 0 saturated heterocycles. The van der Waals surface area contributed by atoms with Gasteiger partial charge in [-0.1, -0.05) is 12.1 Å². The van der Waals surface area contributed by atoms with Crippen molar-refractivity contribution in [2.45, 2.75) is 0 Å². The number of pyridine rings is 4. The van der Waals surface area contributed by atoms with Crippen molar-refractivity contribution in [3.8, 4) is 22.5 Å². The van der Waals surface area contributed by atoms with Gasteiger partial charge in [-0.25, -0.2) is 19.3 Å². The van der Waals surface area contributed by atoms with Crippen molar-refractivity contribution in [1.29, 1.82) is 0 Å². The Hall–Kier alpha value is -4.06. The summed E-state index contributed by atoms with van der Waals surface area (Å²) < 4.78 is 46.0. The molecule has 0 aliphatic rings. The molecule has 0 spiro atoms. The molecular weight excluding hydrogens is 449 g/mol. The predicted molar refractivity (Wildman–Crippen MR) is 122 cm³/mol. The highest BCUT2D eigenvalue weighted by molar-refractivity contribution is 7.79. The van der Waals surface area contributed by atoms with Gasteiger partial charge in [0.1, 0.15) is 11.6 Å². The number of rotatable bonds is 2. The summed E-state index contributed by atoms with van der Waals surface area (Å²) in [7, 11) is -4.67. The van der Waals surface area contributed by atoms with E-state index in [1.54, 1.807) is 36.8 Å². The average Bonchev–Trinajstić information content (AvgIpc) is 2.78. The first kappa shape index (κ1) is 22.1. The van der Waals surface area contributed by atoms with Crippen molar-refractivity contribution in [3.05, 3.63) is 79.0 Å². The number of hydrogen-bond donors (Lipinski definition) is 3. The molecule has 4 N–H and O–H groups in total. The Bertz CT molecular complexity index is 1590. The van der Waals surface area contributed by atoms with Gasteiger partial charge in [-0.2, -0.15) is 8.42 Å². The summed E-state index contributed by atoms with van der Waals surface area (Å²) in [5, 5.41) is 2.51. The van der Waals surface area contributed by atoms with Gasteiger partial charge in [0, 0.05) is 45.9 Å². The lowest BCUT2D eigenvalue weighted by Crippen LogP contribution is -1.97. The van der Waals surface area contributed by atoms with E-state index < -0.39 is 10.4 Å². The standard InChI is InChI=1S/C22H14FN5.H2O4S/c23-18-6-2-1-4-16(18)19-12-17(15-5-3-9-27-22(15)28-19)20-13-7-11-26-21(24)14(13)8-10-25-20;1-5(2,3)4/h1-12H,(H2,24,26);(H2,1,2,3,4). The Morgan fingerprint density at radius 1 is 0.788 bits per heavy atom. The van der Waals surface area contributed by atoms with Crippen LogP contribution in [-0.2, 0) is 10.4 Å². The van der Waals surface area contributed by atoms with Gasteiger partial charge in [0.15, 0.2) is 5.65 Å². The lowest BCUT2D eigenvalue weighted by Gasteiger charge is -2.12. The predicted octanol–water partition coefficient (Wildman–Crippen LogP) is 3.98. The van der Waals surface area contributed by atoms with Gasteiger partial charge in [-0.3, -0.25) is 14.1 Å². The van der Waals surface area contributed by atoms with E-state index >= 15 is 0 Å². The fourth-order valence-electron chi connectivity index (χ4n) is 3.40. The zero-order chi connectivity index (χ0) is 23.6. The van der Waals surface area contributed by atoms with Crippen molar-refractivity contribution < 1.29 is 21.9 Å². The summed E-state index contributed by atoms with van der Waals surface area (Å²) in [6, 6.07) is 15.9. The molecule has 0 aliphatic heterocycles. The van der Waals surface area contributed by atoms with E-state index in [0.717, 1.165) is 27.4 Å². The zero-order valence-electron chi connectivity index (χ0n) is 16.8. The second-order valence-corrected chi connectivity index (χ2v) is 7.70. The minimum absolute atomic E-state index is 0.337. The van der Waals surface area contributed by atoms with E-state index in [9.17, 15) is 4.39 Å². The van der Waals surface area contributed by atoms with Crippen molar-refractivity contribution in [1.82, 2.24) is 19.9 Å². The molecule has 0 radical (unpaired) electrons. The third-order valence-corrected chi connectivity index (χ3v) is 4.71. The van der Waals surface area contributed by atoms with Gasteiger partial charge >= 0.3 is 10.4 Å². The summed E-state index contributed by atoms with van der Waals surface area (Å²) in [6.45, 7) is 0. The minimum Gasteiger partial charge on any atom is -0.383 e. The molecule has 0 atom stereocenters. The average molecular weight is 465 g/mol. The van der Waals surface area contributed by atoms with Gasteiger partial charge in [-0.05, 0) is 42.5 Å². The smallest absolute Gasteiger partial charge is 0.383 e. The zero-order valence-corrected chi connectivity index (χ0v) is 17.6. The lowest BCUT2D eigenvalue weighted by atomic mass is 9.99. The molecule has 0 amide bonds. The summed E-state index contributed by atoms with van der Waals surface area (Å²) in [5.41, 5.74) is 9.02. The van der Waals surface area contributed by atoms with Gasteiger partial charge in [-0.15, -0.1) is 0 Å².